The van der Waals surface area contributed by atoms with Gasteiger partial charge >= 0.3 is 0 Å². The summed E-state index contributed by atoms with van der Waals surface area (Å²) in [6, 6.07) is 30.3. The molecule has 4 rings (SSSR count). The molecule has 134 valence electrons. The van der Waals surface area contributed by atoms with Crippen molar-refractivity contribution in [3.63, 3.8) is 0 Å². The molecule has 0 aliphatic heterocycles. The van der Waals surface area contributed by atoms with Gasteiger partial charge in [-0.3, -0.25) is 0 Å². The largest absolute Gasteiger partial charge is 0.457 e. The van der Waals surface area contributed by atoms with Crippen LogP contribution in [0.25, 0.3) is 11.1 Å². The van der Waals surface area contributed by atoms with Gasteiger partial charge in [0.15, 0.2) is 3.77 Å². The Morgan fingerprint density at radius 2 is 1.52 bits per heavy atom. The molecule has 4 aromatic rings. The normalized spacial score (nSPS) is 10.6. The van der Waals surface area contributed by atoms with Crippen molar-refractivity contribution in [1.82, 2.24) is 0 Å². The van der Waals surface area contributed by atoms with Gasteiger partial charge in [0, 0.05) is 5.69 Å². The van der Waals surface area contributed by atoms with Crippen LogP contribution < -0.4 is 10.1 Å². The van der Waals surface area contributed by atoms with Crippen molar-refractivity contribution >= 4 is 28.3 Å². The number of anilines is 1. The number of rotatable bonds is 6. The minimum absolute atomic E-state index is 0.663. The van der Waals surface area contributed by atoms with Crippen LogP contribution in [0, 0.1) is 3.77 Å². The molecule has 4 heteroatoms. The van der Waals surface area contributed by atoms with Crippen molar-refractivity contribution < 1.29 is 9.15 Å². The van der Waals surface area contributed by atoms with Gasteiger partial charge in [0.05, 0.1) is 6.54 Å². The third kappa shape index (κ3) is 4.71. The van der Waals surface area contributed by atoms with Gasteiger partial charge in [0.25, 0.3) is 0 Å². The zero-order valence-corrected chi connectivity index (χ0v) is 16.7. The predicted molar refractivity (Wildman–Crippen MR) is 117 cm³/mol. The van der Waals surface area contributed by atoms with Gasteiger partial charge in [-0.05, 0) is 82.2 Å². The zero-order valence-electron chi connectivity index (χ0n) is 14.6. The molecule has 0 unspecified atom stereocenters. The van der Waals surface area contributed by atoms with Crippen LogP contribution in [0.5, 0.6) is 11.5 Å². The van der Waals surface area contributed by atoms with E-state index in [1.54, 1.807) is 0 Å². The van der Waals surface area contributed by atoms with E-state index in [-0.39, 0.29) is 0 Å². The molecule has 3 nitrogen and oxygen atoms in total. The monoisotopic (exact) mass is 467 g/mol. The second-order valence-corrected chi connectivity index (χ2v) is 7.14. The first kappa shape index (κ1) is 17.7. The molecule has 0 aliphatic carbocycles. The summed E-state index contributed by atoms with van der Waals surface area (Å²) in [6.45, 7) is 0.663. The average molecular weight is 467 g/mol. The van der Waals surface area contributed by atoms with Crippen molar-refractivity contribution in [3.05, 3.63) is 101 Å². The fourth-order valence-corrected chi connectivity index (χ4v) is 3.25. The fourth-order valence-electron chi connectivity index (χ4n) is 2.78. The Hall–Kier alpha value is -2.73. The molecule has 0 spiro atoms. The maximum absolute atomic E-state index is 5.86. The summed E-state index contributed by atoms with van der Waals surface area (Å²) in [4.78, 5) is 0. The van der Waals surface area contributed by atoms with E-state index in [1.165, 1.54) is 0 Å². The summed E-state index contributed by atoms with van der Waals surface area (Å²) < 4.78 is 12.4. The third-order valence-corrected chi connectivity index (χ3v) is 4.70. The predicted octanol–water partition coefficient (Wildman–Crippen LogP) is 6.96. The average Bonchev–Trinajstić information content (AvgIpc) is 3.13. The first-order valence-electron chi connectivity index (χ1n) is 8.68. The van der Waals surface area contributed by atoms with Gasteiger partial charge in [-0.15, -0.1) is 0 Å². The number of ether oxygens (including phenoxy) is 1. The van der Waals surface area contributed by atoms with Crippen LogP contribution in [0.3, 0.4) is 0 Å². The van der Waals surface area contributed by atoms with Crippen LogP contribution >= 0.6 is 22.6 Å². The highest BCUT2D eigenvalue weighted by molar-refractivity contribution is 14.1. The second-order valence-electron chi connectivity index (χ2n) is 6.08. The van der Waals surface area contributed by atoms with Gasteiger partial charge < -0.3 is 14.5 Å². The molecule has 0 fully saturated rings. The summed E-state index contributed by atoms with van der Waals surface area (Å²) in [6.07, 6.45) is 0. The van der Waals surface area contributed by atoms with E-state index in [2.05, 4.69) is 64.3 Å². The summed E-state index contributed by atoms with van der Waals surface area (Å²) in [5.41, 5.74) is 3.36. The van der Waals surface area contributed by atoms with Crippen LogP contribution in [0.4, 0.5) is 5.69 Å². The minimum atomic E-state index is 0.663. The van der Waals surface area contributed by atoms with Crippen LogP contribution in [0.1, 0.15) is 5.76 Å². The number of hydrogen-bond donors (Lipinski definition) is 1. The van der Waals surface area contributed by atoms with Crippen LogP contribution in [-0.4, -0.2) is 0 Å². The Balaban J connectivity index is 1.45. The Morgan fingerprint density at radius 1 is 0.741 bits per heavy atom. The number of benzene rings is 3. The molecule has 0 atom stereocenters. The molecule has 3 aromatic carbocycles. The molecule has 1 heterocycles. The summed E-state index contributed by atoms with van der Waals surface area (Å²) in [5, 5.41) is 3.41. The Labute approximate surface area is 172 Å². The number of hydrogen-bond acceptors (Lipinski definition) is 3. The van der Waals surface area contributed by atoms with E-state index in [4.69, 9.17) is 9.15 Å². The molecule has 0 saturated carbocycles. The van der Waals surface area contributed by atoms with Crippen molar-refractivity contribution in [2.24, 2.45) is 0 Å². The highest BCUT2D eigenvalue weighted by Crippen LogP contribution is 2.27. The standard InChI is InChI=1S/C23H18INO2/c24-23-14-13-22(27-23)16-25-19-6-4-5-18(15-19)17-9-11-21(12-10-17)26-20-7-2-1-3-8-20/h1-15,25H,16H2. The van der Waals surface area contributed by atoms with Crippen molar-refractivity contribution in [2.45, 2.75) is 6.54 Å². The van der Waals surface area contributed by atoms with E-state index in [0.717, 1.165) is 37.8 Å². The van der Waals surface area contributed by atoms with E-state index in [9.17, 15) is 0 Å². The molecule has 1 N–H and O–H groups in total. The minimum Gasteiger partial charge on any atom is -0.457 e. The molecular weight excluding hydrogens is 449 g/mol. The summed E-state index contributed by atoms with van der Waals surface area (Å²) in [7, 11) is 0. The van der Waals surface area contributed by atoms with Gasteiger partial charge in [-0.2, -0.15) is 0 Å². The van der Waals surface area contributed by atoms with E-state index in [0.29, 0.717) is 6.54 Å². The maximum Gasteiger partial charge on any atom is 0.164 e. The van der Waals surface area contributed by atoms with Gasteiger partial charge in [0.1, 0.15) is 17.3 Å². The first-order chi connectivity index (χ1) is 13.3. The van der Waals surface area contributed by atoms with Gasteiger partial charge in [0.2, 0.25) is 0 Å². The van der Waals surface area contributed by atoms with E-state index < -0.39 is 0 Å². The summed E-state index contributed by atoms with van der Waals surface area (Å²) >= 11 is 2.17. The molecule has 0 radical (unpaired) electrons. The fraction of sp³-hybridized carbons (Fsp3) is 0.0435. The van der Waals surface area contributed by atoms with Crippen LogP contribution in [0.15, 0.2) is 95.4 Å². The quantitative estimate of drug-likeness (QED) is 0.312. The van der Waals surface area contributed by atoms with E-state index in [1.807, 2.05) is 54.6 Å². The lowest BCUT2D eigenvalue weighted by Crippen LogP contribution is -1.98. The summed E-state index contributed by atoms with van der Waals surface area (Å²) in [5.74, 6) is 2.59. The number of nitrogens with one attached hydrogen (secondary N) is 1. The lowest BCUT2D eigenvalue weighted by atomic mass is 10.0. The Kier molecular flexibility index (Phi) is 5.44. The Bertz CT molecular complexity index is 1010. The lowest BCUT2D eigenvalue weighted by molar-refractivity contribution is 0.483. The first-order valence-corrected chi connectivity index (χ1v) is 9.76. The topological polar surface area (TPSA) is 34.4 Å². The highest BCUT2D eigenvalue weighted by atomic mass is 127. The highest BCUT2D eigenvalue weighted by Gasteiger charge is 2.03. The van der Waals surface area contributed by atoms with Crippen molar-refractivity contribution in [1.29, 1.82) is 0 Å². The molecule has 0 aliphatic rings. The lowest BCUT2D eigenvalue weighted by Gasteiger charge is -2.09. The van der Waals surface area contributed by atoms with Crippen LogP contribution in [0.2, 0.25) is 0 Å². The van der Waals surface area contributed by atoms with Gasteiger partial charge in [-0.25, -0.2) is 0 Å². The van der Waals surface area contributed by atoms with Crippen molar-refractivity contribution in [3.8, 4) is 22.6 Å². The molecule has 1 aromatic heterocycles. The Morgan fingerprint density at radius 3 is 2.26 bits per heavy atom. The smallest absolute Gasteiger partial charge is 0.164 e. The molecule has 27 heavy (non-hydrogen) atoms. The molecular formula is C23H18INO2. The van der Waals surface area contributed by atoms with E-state index >= 15 is 0 Å². The molecule has 0 amide bonds. The third-order valence-electron chi connectivity index (χ3n) is 4.12. The second kappa shape index (κ2) is 8.31. The SMILES string of the molecule is Ic1ccc(CNc2cccc(-c3ccc(Oc4ccccc4)cc3)c2)o1. The van der Waals surface area contributed by atoms with Crippen molar-refractivity contribution in [2.75, 3.05) is 5.32 Å². The van der Waals surface area contributed by atoms with Gasteiger partial charge in [-0.1, -0.05) is 42.5 Å². The molecule has 0 bridgehead atoms. The van der Waals surface area contributed by atoms with Crippen LogP contribution in [-0.2, 0) is 6.54 Å². The zero-order chi connectivity index (χ0) is 18.5. The number of halogens is 1. The number of para-hydroxylation sites is 1. The number of furan rings is 1. The maximum atomic E-state index is 5.86. The molecule has 0 saturated heterocycles.